The Balaban J connectivity index is 1.61. The maximum Gasteiger partial charge on any atom is 0.186 e. The van der Waals surface area contributed by atoms with Gasteiger partial charge in [-0.2, -0.15) is 0 Å². The van der Waals surface area contributed by atoms with Crippen LogP contribution in [0.3, 0.4) is 0 Å². The van der Waals surface area contributed by atoms with E-state index in [9.17, 15) is 30.6 Å². The average Bonchev–Trinajstić information content (AvgIpc) is 2.68. The van der Waals surface area contributed by atoms with Crippen LogP contribution in [0.2, 0.25) is 0 Å². The van der Waals surface area contributed by atoms with Crippen molar-refractivity contribution in [3.8, 4) is 0 Å². The van der Waals surface area contributed by atoms with Crippen molar-refractivity contribution in [3.05, 3.63) is 24.3 Å². The van der Waals surface area contributed by atoms with Gasteiger partial charge in [0.1, 0.15) is 48.2 Å². The molecule has 158 valence electrons. The smallest absolute Gasteiger partial charge is 0.186 e. The third kappa shape index (κ3) is 4.76. The molecule has 1 aromatic carbocycles. The van der Waals surface area contributed by atoms with Crippen molar-refractivity contribution in [2.75, 3.05) is 18.9 Å². The number of aliphatic hydroxyl groups excluding tert-OH is 6. The molecule has 2 fully saturated rings. The van der Waals surface area contributed by atoms with Gasteiger partial charge in [0, 0.05) is 10.6 Å². The first-order valence-corrected chi connectivity index (χ1v) is 9.65. The van der Waals surface area contributed by atoms with E-state index in [4.69, 9.17) is 19.9 Å². The monoisotopic (exact) mass is 419 g/mol. The van der Waals surface area contributed by atoms with Gasteiger partial charge in [0.2, 0.25) is 0 Å². The van der Waals surface area contributed by atoms with E-state index in [1.165, 1.54) is 0 Å². The zero-order valence-corrected chi connectivity index (χ0v) is 15.6. The van der Waals surface area contributed by atoms with E-state index in [0.29, 0.717) is 5.69 Å². The first kappa shape index (κ1) is 21.7. The predicted molar refractivity (Wildman–Crippen MR) is 97.1 cm³/mol. The molecule has 1 aromatic rings. The van der Waals surface area contributed by atoms with Gasteiger partial charge in [0.15, 0.2) is 6.29 Å². The van der Waals surface area contributed by atoms with Crippen LogP contribution in [0.15, 0.2) is 29.2 Å². The van der Waals surface area contributed by atoms with E-state index in [0.717, 1.165) is 16.7 Å². The number of hydrogen-bond acceptors (Lipinski definition) is 11. The molecule has 0 bridgehead atoms. The van der Waals surface area contributed by atoms with Gasteiger partial charge in [-0.1, -0.05) is 11.8 Å². The van der Waals surface area contributed by atoms with Crippen molar-refractivity contribution in [1.82, 2.24) is 0 Å². The van der Waals surface area contributed by atoms with Crippen molar-refractivity contribution in [2.24, 2.45) is 0 Å². The molecule has 2 heterocycles. The second kappa shape index (κ2) is 9.22. The average molecular weight is 419 g/mol. The minimum Gasteiger partial charge on any atom is -0.399 e. The van der Waals surface area contributed by atoms with Crippen LogP contribution in [0, 0.1) is 0 Å². The van der Waals surface area contributed by atoms with E-state index < -0.39 is 54.5 Å². The Labute approximate surface area is 165 Å². The van der Waals surface area contributed by atoms with E-state index in [2.05, 4.69) is 0 Å². The molecule has 0 unspecified atom stereocenters. The lowest BCUT2D eigenvalue weighted by molar-refractivity contribution is -0.286. The molecule has 9 atom stereocenters. The van der Waals surface area contributed by atoms with Gasteiger partial charge in [0.05, 0.1) is 13.2 Å². The molecule has 10 nitrogen and oxygen atoms in total. The maximum absolute atomic E-state index is 10.2. The number of hydrogen-bond donors (Lipinski definition) is 7. The fourth-order valence-corrected chi connectivity index (χ4v) is 4.01. The SMILES string of the molecule is Nc1ccc(S[C@@H]2O[C@H](CO[C@@H]3OC[C@@H](O)[C@H](O)[C@H]3O)[C@@H](O)[C@H](O)[C@H]2O)cc1. The molecule has 2 aliphatic rings. The largest absolute Gasteiger partial charge is 0.399 e. The van der Waals surface area contributed by atoms with Crippen LogP contribution in [-0.4, -0.2) is 98.3 Å². The minimum atomic E-state index is -1.49. The van der Waals surface area contributed by atoms with Gasteiger partial charge >= 0.3 is 0 Å². The third-order valence-corrected chi connectivity index (χ3v) is 5.85. The van der Waals surface area contributed by atoms with Crippen LogP contribution in [0.1, 0.15) is 0 Å². The summed E-state index contributed by atoms with van der Waals surface area (Å²) in [6.07, 6.45) is -10.7. The fourth-order valence-electron chi connectivity index (χ4n) is 2.95. The summed E-state index contributed by atoms with van der Waals surface area (Å²) >= 11 is 1.15. The Morgan fingerprint density at radius 3 is 2.29 bits per heavy atom. The number of thioether (sulfide) groups is 1. The molecule has 0 aliphatic carbocycles. The summed E-state index contributed by atoms with van der Waals surface area (Å²) in [7, 11) is 0. The molecule has 2 saturated heterocycles. The Morgan fingerprint density at radius 1 is 0.929 bits per heavy atom. The van der Waals surface area contributed by atoms with E-state index >= 15 is 0 Å². The van der Waals surface area contributed by atoms with Crippen LogP contribution < -0.4 is 5.73 Å². The lowest BCUT2D eigenvalue weighted by Crippen LogP contribution is -2.59. The summed E-state index contributed by atoms with van der Waals surface area (Å²) in [5.41, 5.74) is 5.33. The van der Waals surface area contributed by atoms with Crippen molar-refractivity contribution in [2.45, 2.75) is 59.3 Å². The van der Waals surface area contributed by atoms with Crippen LogP contribution in [0.25, 0.3) is 0 Å². The van der Waals surface area contributed by atoms with E-state index in [-0.39, 0.29) is 13.2 Å². The van der Waals surface area contributed by atoms with E-state index in [1.54, 1.807) is 24.3 Å². The van der Waals surface area contributed by atoms with Gasteiger partial charge in [-0.3, -0.25) is 0 Å². The van der Waals surface area contributed by atoms with Crippen LogP contribution in [-0.2, 0) is 14.2 Å². The zero-order chi connectivity index (χ0) is 20.4. The quantitative estimate of drug-likeness (QED) is 0.254. The van der Waals surface area contributed by atoms with Crippen LogP contribution in [0.4, 0.5) is 5.69 Å². The normalized spacial score (nSPS) is 41.7. The number of rotatable bonds is 5. The third-order valence-electron chi connectivity index (χ3n) is 4.68. The molecule has 2 aliphatic heterocycles. The zero-order valence-electron chi connectivity index (χ0n) is 14.8. The highest BCUT2D eigenvalue weighted by Gasteiger charge is 2.45. The minimum absolute atomic E-state index is 0.228. The molecule has 0 spiro atoms. The Morgan fingerprint density at radius 2 is 1.61 bits per heavy atom. The molecule has 28 heavy (non-hydrogen) atoms. The number of ether oxygens (including phenoxy) is 3. The van der Waals surface area contributed by atoms with Gasteiger partial charge in [-0.25, -0.2) is 0 Å². The van der Waals surface area contributed by atoms with Crippen molar-refractivity contribution in [3.63, 3.8) is 0 Å². The van der Waals surface area contributed by atoms with Crippen molar-refractivity contribution in [1.29, 1.82) is 0 Å². The molecule has 8 N–H and O–H groups in total. The number of anilines is 1. The molecule has 3 rings (SSSR count). The number of nitrogen functional groups attached to an aromatic ring is 1. The molecule has 11 heteroatoms. The van der Waals surface area contributed by atoms with Gasteiger partial charge in [0.25, 0.3) is 0 Å². The van der Waals surface area contributed by atoms with Gasteiger partial charge in [-0.15, -0.1) is 0 Å². The van der Waals surface area contributed by atoms with Crippen molar-refractivity contribution < 1.29 is 44.8 Å². The van der Waals surface area contributed by atoms with Crippen molar-refractivity contribution >= 4 is 17.4 Å². The Hall–Kier alpha value is -0.990. The summed E-state index contributed by atoms with van der Waals surface area (Å²) < 4.78 is 16.2. The van der Waals surface area contributed by atoms with Gasteiger partial charge < -0.3 is 50.6 Å². The lowest BCUT2D eigenvalue weighted by Gasteiger charge is -2.41. The highest BCUT2D eigenvalue weighted by Crippen LogP contribution is 2.34. The number of benzene rings is 1. The highest BCUT2D eigenvalue weighted by atomic mass is 32.2. The molecule has 0 saturated carbocycles. The molecular formula is C17H25NO9S. The fraction of sp³-hybridized carbons (Fsp3) is 0.647. The van der Waals surface area contributed by atoms with Crippen LogP contribution >= 0.6 is 11.8 Å². The first-order valence-electron chi connectivity index (χ1n) is 8.77. The highest BCUT2D eigenvalue weighted by molar-refractivity contribution is 7.99. The summed E-state index contributed by atoms with van der Waals surface area (Å²) in [6, 6.07) is 6.84. The summed E-state index contributed by atoms with van der Waals surface area (Å²) in [6.45, 7) is -0.512. The summed E-state index contributed by atoms with van der Waals surface area (Å²) in [5, 5.41) is 59.6. The standard InChI is InChI=1S/C17H25NO9S/c18-7-1-3-8(4-2-7)28-17-15(24)13(22)12(21)10(27-17)6-26-16-14(23)11(20)9(19)5-25-16/h1-4,9-17,19-24H,5-6,18H2/t9-,10-,11+,12-,13+,14-,15-,16+,17+/m1/s1. The first-order chi connectivity index (χ1) is 13.3. The number of aliphatic hydroxyl groups is 6. The molecular weight excluding hydrogens is 394 g/mol. The predicted octanol–water partition coefficient (Wildman–Crippen LogP) is -2.38. The topological polar surface area (TPSA) is 175 Å². The molecule has 0 amide bonds. The summed E-state index contributed by atoms with van der Waals surface area (Å²) in [4.78, 5) is 0.740. The maximum atomic E-state index is 10.2. The van der Waals surface area contributed by atoms with Crippen LogP contribution in [0.5, 0.6) is 0 Å². The molecule has 0 radical (unpaired) electrons. The number of nitrogens with two attached hydrogens (primary N) is 1. The lowest BCUT2D eigenvalue weighted by atomic mass is 10.0. The van der Waals surface area contributed by atoms with E-state index in [1.807, 2.05) is 0 Å². The molecule has 0 aromatic heterocycles. The Bertz CT molecular complexity index is 636. The Kier molecular flexibility index (Phi) is 7.15. The second-order valence-electron chi connectivity index (χ2n) is 6.79. The summed E-state index contributed by atoms with van der Waals surface area (Å²) in [5.74, 6) is 0. The van der Waals surface area contributed by atoms with Gasteiger partial charge in [-0.05, 0) is 24.3 Å². The second-order valence-corrected chi connectivity index (χ2v) is 7.96.